The molecule has 2 aromatic rings. The Labute approximate surface area is 168 Å². The first-order valence-corrected chi connectivity index (χ1v) is 9.79. The molecule has 2 fully saturated rings. The lowest BCUT2D eigenvalue weighted by Gasteiger charge is -2.37. The largest absolute Gasteiger partial charge is 0.506 e. The number of para-hydroxylation sites is 3. The predicted octanol–water partition coefficient (Wildman–Crippen LogP) is 2.75. The van der Waals surface area contributed by atoms with Crippen molar-refractivity contribution in [1.82, 2.24) is 4.90 Å². The number of piperazine rings is 1. The highest BCUT2D eigenvalue weighted by Crippen LogP contribution is 2.32. The van der Waals surface area contributed by atoms with Crippen LogP contribution in [0.3, 0.4) is 0 Å². The summed E-state index contributed by atoms with van der Waals surface area (Å²) < 4.78 is 0. The fraction of sp³-hybridized carbons (Fsp3) is 0.333. The number of aromatic hydroxyl groups is 1. The van der Waals surface area contributed by atoms with Gasteiger partial charge in [-0.05, 0) is 24.3 Å². The third-order valence-corrected chi connectivity index (χ3v) is 5.75. The van der Waals surface area contributed by atoms with Gasteiger partial charge < -0.3 is 19.8 Å². The van der Waals surface area contributed by atoms with E-state index in [1.54, 1.807) is 29.2 Å². The predicted molar refractivity (Wildman–Crippen MR) is 109 cm³/mol. The van der Waals surface area contributed by atoms with Crippen molar-refractivity contribution in [2.75, 3.05) is 42.5 Å². The molecule has 1 N–H and O–H groups in total. The summed E-state index contributed by atoms with van der Waals surface area (Å²) in [6.45, 7) is 2.81. The fourth-order valence-corrected chi connectivity index (χ4v) is 4.17. The summed E-state index contributed by atoms with van der Waals surface area (Å²) in [5.74, 6) is -0.154. The molecule has 2 aromatic carbocycles. The standard InChI is InChI=1S/C21H22ClN3O3/c22-16-5-1-2-6-17(16)25-14-15(13-20(25)27)21(28)24-11-9-23(10-12-24)18-7-3-4-8-19(18)26/h1-8,15,26H,9-14H2. The van der Waals surface area contributed by atoms with Crippen LogP contribution < -0.4 is 9.80 Å². The Balaban J connectivity index is 1.39. The smallest absolute Gasteiger partial charge is 0.228 e. The topological polar surface area (TPSA) is 64.1 Å². The van der Waals surface area contributed by atoms with Crippen molar-refractivity contribution in [2.24, 2.45) is 5.92 Å². The average molecular weight is 400 g/mol. The summed E-state index contributed by atoms with van der Waals surface area (Å²) in [5, 5.41) is 10.5. The lowest BCUT2D eigenvalue weighted by molar-refractivity contribution is -0.136. The molecule has 0 bridgehead atoms. The van der Waals surface area contributed by atoms with Crippen LogP contribution in [-0.2, 0) is 9.59 Å². The number of carbonyl (C=O) groups is 2. The normalized spacial score (nSPS) is 20.0. The molecule has 28 heavy (non-hydrogen) atoms. The van der Waals surface area contributed by atoms with Crippen molar-refractivity contribution in [3.8, 4) is 5.75 Å². The maximum absolute atomic E-state index is 13.0. The van der Waals surface area contributed by atoms with E-state index in [9.17, 15) is 14.7 Å². The van der Waals surface area contributed by atoms with Gasteiger partial charge in [-0.25, -0.2) is 0 Å². The average Bonchev–Trinajstić information content (AvgIpc) is 3.10. The summed E-state index contributed by atoms with van der Waals surface area (Å²) in [5.41, 5.74) is 1.45. The van der Waals surface area contributed by atoms with Gasteiger partial charge in [-0.2, -0.15) is 0 Å². The third kappa shape index (κ3) is 3.52. The number of amides is 2. The van der Waals surface area contributed by atoms with Crippen LogP contribution in [0.15, 0.2) is 48.5 Å². The number of anilines is 2. The second kappa shape index (κ2) is 7.72. The molecule has 146 valence electrons. The first kappa shape index (κ1) is 18.6. The van der Waals surface area contributed by atoms with Crippen molar-refractivity contribution in [3.05, 3.63) is 53.6 Å². The Morgan fingerprint density at radius 3 is 2.29 bits per heavy atom. The van der Waals surface area contributed by atoms with Gasteiger partial charge in [0.15, 0.2) is 0 Å². The van der Waals surface area contributed by atoms with E-state index in [1.165, 1.54) is 0 Å². The molecule has 1 unspecified atom stereocenters. The lowest BCUT2D eigenvalue weighted by atomic mass is 10.1. The fourth-order valence-electron chi connectivity index (χ4n) is 3.93. The molecule has 2 amide bonds. The number of rotatable bonds is 3. The van der Waals surface area contributed by atoms with Gasteiger partial charge in [0.1, 0.15) is 5.75 Å². The van der Waals surface area contributed by atoms with Crippen molar-refractivity contribution in [3.63, 3.8) is 0 Å². The minimum Gasteiger partial charge on any atom is -0.506 e. The van der Waals surface area contributed by atoms with E-state index in [2.05, 4.69) is 4.90 Å². The molecule has 0 spiro atoms. The summed E-state index contributed by atoms with van der Waals surface area (Å²) in [6.07, 6.45) is 0.212. The zero-order chi connectivity index (χ0) is 19.7. The number of phenolic OH excluding ortho intramolecular Hbond substituents is 1. The van der Waals surface area contributed by atoms with Crippen molar-refractivity contribution in [2.45, 2.75) is 6.42 Å². The van der Waals surface area contributed by atoms with E-state index >= 15 is 0 Å². The monoisotopic (exact) mass is 399 g/mol. The molecular formula is C21H22ClN3O3. The van der Waals surface area contributed by atoms with Crippen LogP contribution in [0.25, 0.3) is 0 Å². The van der Waals surface area contributed by atoms with E-state index in [0.29, 0.717) is 43.4 Å². The van der Waals surface area contributed by atoms with E-state index in [-0.39, 0.29) is 29.9 Å². The van der Waals surface area contributed by atoms with Crippen LogP contribution in [0.2, 0.25) is 5.02 Å². The van der Waals surface area contributed by atoms with Crippen LogP contribution >= 0.6 is 11.6 Å². The first-order chi connectivity index (χ1) is 13.5. The van der Waals surface area contributed by atoms with Gasteiger partial charge in [-0.1, -0.05) is 35.9 Å². The number of hydrogen-bond acceptors (Lipinski definition) is 4. The Morgan fingerprint density at radius 1 is 0.964 bits per heavy atom. The molecule has 0 radical (unpaired) electrons. The summed E-state index contributed by atoms with van der Waals surface area (Å²) in [7, 11) is 0. The molecule has 2 heterocycles. The summed E-state index contributed by atoms with van der Waals surface area (Å²) in [6, 6.07) is 14.4. The molecule has 2 aliphatic heterocycles. The highest BCUT2D eigenvalue weighted by atomic mass is 35.5. The third-order valence-electron chi connectivity index (χ3n) is 5.43. The molecule has 2 saturated heterocycles. The number of hydrogen-bond donors (Lipinski definition) is 1. The van der Waals surface area contributed by atoms with E-state index in [0.717, 1.165) is 5.69 Å². The molecule has 0 aromatic heterocycles. The van der Waals surface area contributed by atoms with Gasteiger partial charge in [0.05, 0.1) is 22.3 Å². The van der Waals surface area contributed by atoms with Crippen LogP contribution in [0, 0.1) is 5.92 Å². The van der Waals surface area contributed by atoms with Gasteiger partial charge in [-0.15, -0.1) is 0 Å². The molecule has 1 atom stereocenters. The van der Waals surface area contributed by atoms with Crippen molar-refractivity contribution in [1.29, 1.82) is 0 Å². The molecule has 4 rings (SSSR count). The minimum absolute atomic E-state index is 0.0137. The summed E-state index contributed by atoms with van der Waals surface area (Å²) in [4.78, 5) is 30.9. The van der Waals surface area contributed by atoms with E-state index < -0.39 is 0 Å². The Hall–Kier alpha value is -2.73. The van der Waals surface area contributed by atoms with Crippen LogP contribution in [-0.4, -0.2) is 54.5 Å². The second-order valence-corrected chi connectivity index (χ2v) is 7.57. The highest BCUT2D eigenvalue weighted by Gasteiger charge is 2.38. The zero-order valence-electron chi connectivity index (χ0n) is 15.4. The number of halogens is 1. The SMILES string of the molecule is O=C(C1CC(=O)N(c2ccccc2Cl)C1)N1CCN(c2ccccc2O)CC1. The maximum Gasteiger partial charge on any atom is 0.228 e. The minimum atomic E-state index is -0.347. The van der Waals surface area contributed by atoms with Gasteiger partial charge >= 0.3 is 0 Å². The van der Waals surface area contributed by atoms with Crippen molar-refractivity contribution < 1.29 is 14.7 Å². The lowest BCUT2D eigenvalue weighted by Crippen LogP contribution is -2.50. The van der Waals surface area contributed by atoms with Gasteiger partial charge in [0.25, 0.3) is 0 Å². The molecule has 0 saturated carbocycles. The second-order valence-electron chi connectivity index (χ2n) is 7.16. The molecule has 2 aliphatic rings. The van der Waals surface area contributed by atoms with E-state index in [1.807, 2.05) is 29.2 Å². The quantitative estimate of drug-likeness (QED) is 0.862. The zero-order valence-corrected chi connectivity index (χ0v) is 16.2. The van der Waals surface area contributed by atoms with Gasteiger partial charge in [0.2, 0.25) is 11.8 Å². The van der Waals surface area contributed by atoms with Gasteiger partial charge in [0, 0.05) is 39.1 Å². The number of carbonyl (C=O) groups excluding carboxylic acids is 2. The molecule has 0 aliphatic carbocycles. The van der Waals surface area contributed by atoms with Crippen LogP contribution in [0.1, 0.15) is 6.42 Å². The number of nitrogens with zero attached hydrogens (tertiary/aromatic N) is 3. The van der Waals surface area contributed by atoms with Crippen LogP contribution in [0.4, 0.5) is 11.4 Å². The molecule has 7 heteroatoms. The highest BCUT2D eigenvalue weighted by molar-refractivity contribution is 6.33. The van der Waals surface area contributed by atoms with Gasteiger partial charge in [-0.3, -0.25) is 9.59 Å². The first-order valence-electron chi connectivity index (χ1n) is 9.41. The Kier molecular flexibility index (Phi) is 5.13. The molecular weight excluding hydrogens is 378 g/mol. The van der Waals surface area contributed by atoms with E-state index in [4.69, 9.17) is 11.6 Å². The van der Waals surface area contributed by atoms with Crippen LogP contribution in [0.5, 0.6) is 5.75 Å². The number of benzene rings is 2. The molecule has 6 nitrogen and oxygen atoms in total. The summed E-state index contributed by atoms with van der Waals surface area (Å²) >= 11 is 6.22. The Bertz CT molecular complexity index is 896. The Morgan fingerprint density at radius 2 is 1.61 bits per heavy atom. The van der Waals surface area contributed by atoms with Crippen molar-refractivity contribution >= 4 is 34.8 Å². The number of phenols is 1. The maximum atomic E-state index is 13.0.